The first-order valence-electron chi connectivity index (χ1n) is 22.6. The van der Waals surface area contributed by atoms with Crippen molar-refractivity contribution in [1.29, 1.82) is 0 Å². The van der Waals surface area contributed by atoms with Crippen LogP contribution in [0.2, 0.25) is 0 Å². The molecule has 2 spiro atoms. The molecule has 11 rings (SSSR count). The Morgan fingerprint density at radius 1 is 0.885 bits per heavy atom. The van der Waals surface area contributed by atoms with Crippen LogP contribution in [0.3, 0.4) is 0 Å². The minimum Gasteiger partial charge on any atom is -0.393 e. The lowest BCUT2D eigenvalue weighted by Crippen LogP contribution is -2.78. The fourth-order valence-corrected chi connectivity index (χ4v) is 13.3. The Bertz CT molecular complexity index is 2210. The van der Waals surface area contributed by atoms with E-state index < -0.39 is 47.3 Å². The third-order valence-corrected chi connectivity index (χ3v) is 15.9. The summed E-state index contributed by atoms with van der Waals surface area (Å²) in [5.41, 5.74) is 1.59. The zero-order valence-corrected chi connectivity index (χ0v) is 35.4. The molecule has 4 bridgehead atoms. The number of ketones is 1. The van der Waals surface area contributed by atoms with Gasteiger partial charge in [-0.15, -0.1) is 5.10 Å². The van der Waals surface area contributed by atoms with Crippen LogP contribution in [-0.4, -0.2) is 125 Å². The number of carbonyl (C=O) groups is 3. The predicted octanol–water partition coefficient (Wildman–Crippen LogP) is 4.73. The maximum absolute atomic E-state index is 14.0. The van der Waals surface area contributed by atoms with Gasteiger partial charge >= 0.3 is 0 Å². The number of carbonyl (C=O) groups excluding carboxylic acids is 3. The largest absolute Gasteiger partial charge is 0.393 e. The number of rotatable bonds is 14. The molecule has 326 valence electrons. The number of benzene rings is 2. The van der Waals surface area contributed by atoms with Crippen LogP contribution in [0.5, 0.6) is 0 Å². The summed E-state index contributed by atoms with van der Waals surface area (Å²) in [7, 11) is 0. The van der Waals surface area contributed by atoms with E-state index in [1.807, 2.05) is 36.5 Å². The van der Waals surface area contributed by atoms with E-state index in [0.717, 1.165) is 67.3 Å². The molecule has 61 heavy (non-hydrogen) atoms. The molecule has 9 atom stereocenters. The molecule has 0 unspecified atom stereocenters. The Balaban J connectivity index is 0.686. The summed E-state index contributed by atoms with van der Waals surface area (Å²) >= 11 is 0. The summed E-state index contributed by atoms with van der Waals surface area (Å²) < 4.78 is 26.7. The van der Waals surface area contributed by atoms with Gasteiger partial charge in [0.15, 0.2) is 12.1 Å². The van der Waals surface area contributed by atoms with E-state index in [-0.39, 0.29) is 42.1 Å². The van der Waals surface area contributed by atoms with Crippen LogP contribution in [0.25, 0.3) is 10.8 Å². The van der Waals surface area contributed by atoms with Crippen molar-refractivity contribution in [1.82, 2.24) is 19.9 Å². The molecular weight excluding hydrogens is 779 g/mol. The highest BCUT2D eigenvalue weighted by molar-refractivity contribution is 6.26. The Kier molecular flexibility index (Phi) is 10.5. The van der Waals surface area contributed by atoms with Gasteiger partial charge in [0.2, 0.25) is 0 Å². The average Bonchev–Trinajstić information content (AvgIpc) is 3.75. The van der Waals surface area contributed by atoms with Crippen molar-refractivity contribution >= 4 is 34.1 Å². The molecule has 0 radical (unpaired) electrons. The smallest absolute Gasteiger partial charge is 0.261 e. The molecule has 2 aromatic carbocycles. The first kappa shape index (κ1) is 41.0. The zero-order valence-electron chi connectivity index (χ0n) is 35.4. The SMILES string of the molecule is C=C1C(=O)[C@]23[C@H](O)[C@H]1C[C@H](O)[C@H]2[C@]12CCCC(C)(C)[C@H]1C[C@H]3O[C@H]2OCCc1cn(CCOCCOCCN2C(=O)c3cccc4c(N5CCCCC5)ccc(c34)C2=O)nn1. The molecule has 8 aliphatic rings. The van der Waals surface area contributed by atoms with Crippen LogP contribution < -0.4 is 4.90 Å². The fourth-order valence-electron chi connectivity index (χ4n) is 13.3. The number of amides is 2. The van der Waals surface area contributed by atoms with Gasteiger partial charge in [-0.3, -0.25) is 19.3 Å². The highest BCUT2D eigenvalue weighted by Gasteiger charge is 2.81. The Hall–Kier alpha value is -4.05. The number of hydrogen-bond acceptors (Lipinski definition) is 12. The number of aliphatic hydroxyl groups excluding tert-OH is 2. The second kappa shape index (κ2) is 15.6. The van der Waals surface area contributed by atoms with Gasteiger partial charge < -0.3 is 34.1 Å². The zero-order chi connectivity index (χ0) is 42.3. The van der Waals surface area contributed by atoms with Gasteiger partial charge in [0, 0.05) is 70.5 Å². The van der Waals surface area contributed by atoms with Crippen molar-refractivity contribution in [3.05, 3.63) is 65.5 Å². The van der Waals surface area contributed by atoms with Crippen molar-refractivity contribution < 1.29 is 43.5 Å². The van der Waals surface area contributed by atoms with Crippen molar-refractivity contribution in [2.24, 2.45) is 34.0 Å². The van der Waals surface area contributed by atoms with Gasteiger partial charge in [-0.2, -0.15) is 0 Å². The molecule has 4 saturated carbocycles. The molecule has 1 aromatic heterocycles. The number of nitrogens with zero attached hydrogens (tertiary/aromatic N) is 5. The average molecular weight is 838 g/mol. The summed E-state index contributed by atoms with van der Waals surface area (Å²) in [6.45, 7) is 12.9. The van der Waals surface area contributed by atoms with E-state index >= 15 is 0 Å². The Morgan fingerprint density at radius 2 is 1.64 bits per heavy atom. The summed E-state index contributed by atoms with van der Waals surface area (Å²) in [5.74, 6) is -1.42. The molecule has 3 aromatic rings. The van der Waals surface area contributed by atoms with E-state index in [9.17, 15) is 24.6 Å². The van der Waals surface area contributed by atoms with Gasteiger partial charge in [0.1, 0.15) is 0 Å². The number of ether oxygens (including phenoxy) is 4. The molecule has 14 nitrogen and oxygen atoms in total. The first-order valence-corrected chi connectivity index (χ1v) is 22.6. The molecule has 5 heterocycles. The Morgan fingerprint density at radius 3 is 2.43 bits per heavy atom. The molecule has 4 aliphatic heterocycles. The topological polar surface area (TPSA) is 166 Å². The second-order valence-electron chi connectivity index (χ2n) is 19.3. The third-order valence-electron chi connectivity index (χ3n) is 15.9. The van der Waals surface area contributed by atoms with Gasteiger partial charge in [-0.25, -0.2) is 4.68 Å². The van der Waals surface area contributed by atoms with Gasteiger partial charge in [-0.1, -0.05) is 44.2 Å². The van der Waals surface area contributed by atoms with Crippen LogP contribution in [-0.2, 0) is 36.7 Å². The lowest BCUT2D eigenvalue weighted by molar-refractivity contribution is -0.401. The number of Topliss-reactive ketones (excluding diaryl/α,β-unsaturated/α-hetero) is 1. The van der Waals surface area contributed by atoms with E-state index in [2.05, 4.69) is 35.6 Å². The quantitative estimate of drug-likeness (QED) is 0.131. The fraction of sp³-hybridized carbons (Fsp3) is 0.638. The summed E-state index contributed by atoms with van der Waals surface area (Å²) in [6, 6.07) is 9.63. The summed E-state index contributed by atoms with van der Waals surface area (Å²) in [6.07, 6.45) is 6.84. The minimum absolute atomic E-state index is 0.0321. The van der Waals surface area contributed by atoms with Crippen molar-refractivity contribution in [3.8, 4) is 0 Å². The van der Waals surface area contributed by atoms with Crippen LogP contribution >= 0.6 is 0 Å². The molecule has 14 heteroatoms. The number of aliphatic hydroxyl groups is 2. The second-order valence-corrected chi connectivity index (χ2v) is 19.3. The molecule has 7 fully saturated rings. The minimum atomic E-state index is -1.17. The third kappa shape index (κ3) is 6.29. The van der Waals surface area contributed by atoms with Gasteiger partial charge in [0.25, 0.3) is 11.8 Å². The maximum Gasteiger partial charge on any atom is 0.261 e. The predicted molar refractivity (Wildman–Crippen MR) is 224 cm³/mol. The number of anilines is 1. The standard InChI is InChI=1S/C47H59N5O9/c1-28-33-25-35(53)39-46-15-8-14-45(2,3)36(46)26-37(47(39,40(28)54)41(33)55)61-44(46)60-20-13-29-27-51(49-48-29)18-21-58-23-24-59-22-19-52-42(56)31-10-7-9-30-34(50-16-5-4-6-17-50)12-11-32(38(30)31)43(52)57/h7,9-12,27,33,35-37,39,41,44,53,55H,1,4-6,8,13-26H2,2-3H3/t33-,35-,36+,37+,39-,41+,44+,46-,47+/m0/s1. The summed E-state index contributed by atoms with van der Waals surface area (Å²) in [4.78, 5) is 44.7. The van der Waals surface area contributed by atoms with E-state index in [4.69, 9.17) is 18.9 Å². The molecule has 4 aliphatic carbocycles. The maximum atomic E-state index is 14.0. The molecule has 3 saturated heterocycles. The molecule has 2 N–H and O–H groups in total. The number of imide groups is 1. The van der Waals surface area contributed by atoms with Crippen molar-refractivity contribution in [3.63, 3.8) is 0 Å². The molecule has 2 amide bonds. The number of fused-ring (bicyclic) bond motifs is 2. The van der Waals surface area contributed by atoms with Crippen molar-refractivity contribution in [2.75, 3.05) is 57.6 Å². The van der Waals surface area contributed by atoms with Crippen LogP contribution in [0.1, 0.15) is 91.6 Å². The van der Waals surface area contributed by atoms with Gasteiger partial charge in [0.05, 0.1) is 75.5 Å². The van der Waals surface area contributed by atoms with E-state index in [1.165, 1.54) is 11.3 Å². The van der Waals surface area contributed by atoms with E-state index in [1.54, 1.807) is 4.68 Å². The highest BCUT2D eigenvalue weighted by Crippen LogP contribution is 2.75. The van der Waals surface area contributed by atoms with Crippen LogP contribution in [0.4, 0.5) is 5.69 Å². The molecular formula is C47H59N5O9. The Labute approximate surface area is 356 Å². The van der Waals surface area contributed by atoms with Gasteiger partial charge in [-0.05, 0) is 80.1 Å². The number of piperidine rings is 1. The number of aromatic nitrogens is 3. The summed E-state index contributed by atoms with van der Waals surface area (Å²) in [5, 5.41) is 33.8. The van der Waals surface area contributed by atoms with Crippen LogP contribution in [0, 0.1) is 34.0 Å². The van der Waals surface area contributed by atoms with E-state index in [0.29, 0.717) is 68.9 Å². The highest BCUT2D eigenvalue weighted by atomic mass is 16.7. The number of hydrogen-bond donors (Lipinski definition) is 2. The normalized spacial score (nSPS) is 33.7. The van der Waals surface area contributed by atoms with Crippen molar-refractivity contribution in [2.45, 2.75) is 103 Å². The lowest BCUT2D eigenvalue weighted by Gasteiger charge is -2.72. The van der Waals surface area contributed by atoms with Crippen LogP contribution in [0.15, 0.2) is 48.7 Å². The lowest BCUT2D eigenvalue weighted by atomic mass is 9.37. The first-order chi connectivity index (χ1) is 29.5. The monoisotopic (exact) mass is 837 g/mol.